The van der Waals surface area contributed by atoms with Crippen LogP contribution >= 0.6 is 0 Å². The van der Waals surface area contributed by atoms with E-state index in [2.05, 4.69) is 28.8 Å². The fraction of sp³-hybridized carbons (Fsp3) is 0.400. The Morgan fingerprint density at radius 2 is 2.30 bits per heavy atom. The van der Waals surface area contributed by atoms with E-state index < -0.39 is 0 Å². The van der Waals surface area contributed by atoms with Gasteiger partial charge in [-0.1, -0.05) is 13.8 Å². The van der Waals surface area contributed by atoms with E-state index in [9.17, 15) is 4.79 Å². The molecule has 0 radical (unpaired) electrons. The molecule has 0 unspecified atom stereocenters. The number of carbonyl (C=O) groups is 1. The lowest BCUT2D eigenvalue weighted by Gasteiger charge is -2.13. The Bertz CT molecular complexity index is 619. The summed E-state index contributed by atoms with van der Waals surface area (Å²) >= 11 is 0. The summed E-state index contributed by atoms with van der Waals surface area (Å²) in [5.74, 6) is 1.41. The van der Waals surface area contributed by atoms with Gasteiger partial charge >= 0.3 is 0 Å². The number of fused-ring (bicyclic) bond motifs is 1. The zero-order valence-corrected chi connectivity index (χ0v) is 11.8. The molecular formula is C15H18N4O. The van der Waals surface area contributed by atoms with Crippen molar-refractivity contribution in [3.05, 3.63) is 47.3 Å². The van der Waals surface area contributed by atoms with E-state index in [0.717, 1.165) is 23.5 Å². The molecule has 0 saturated carbocycles. The lowest BCUT2D eigenvalue weighted by Crippen LogP contribution is -2.25. The van der Waals surface area contributed by atoms with Crippen LogP contribution in [0.2, 0.25) is 0 Å². The third kappa shape index (κ3) is 2.43. The number of H-pyrrole nitrogens is 1. The summed E-state index contributed by atoms with van der Waals surface area (Å²) in [6, 6.07) is 3.62. The molecule has 0 spiro atoms. The molecule has 0 bridgehead atoms. The van der Waals surface area contributed by atoms with Crippen molar-refractivity contribution in [2.24, 2.45) is 5.92 Å². The van der Waals surface area contributed by atoms with Crippen LogP contribution in [0.5, 0.6) is 0 Å². The lowest BCUT2D eigenvalue weighted by atomic mass is 10.1. The molecule has 2 aromatic rings. The maximum absolute atomic E-state index is 12.3. The highest BCUT2D eigenvalue weighted by molar-refractivity contribution is 5.92. The molecule has 1 aliphatic heterocycles. The van der Waals surface area contributed by atoms with Gasteiger partial charge < -0.3 is 9.88 Å². The molecule has 5 nitrogen and oxygen atoms in total. The van der Waals surface area contributed by atoms with Crippen LogP contribution < -0.4 is 0 Å². The molecule has 0 aliphatic carbocycles. The normalized spacial score (nSPS) is 13.8. The van der Waals surface area contributed by atoms with E-state index in [1.807, 2.05) is 12.3 Å². The largest absolute Gasteiger partial charge is 0.357 e. The number of nitrogens with zero attached hydrogens (tertiary/aromatic N) is 3. The molecule has 0 fully saturated rings. The van der Waals surface area contributed by atoms with Gasteiger partial charge in [0.05, 0.1) is 12.2 Å². The van der Waals surface area contributed by atoms with Gasteiger partial charge in [-0.05, 0) is 18.1 Å². The minimum Gasteiger partial charge on any atom is -0.357 e. The van der Waals surface area contributed by atoms with E-state index in [1.54, 1.807) is 17.2 Å². The number of hydrogen-bond acceptors (Lipinski definition) is 3. The SMILES string of the molecule is CC(C)Cc1ncc2c(n1)CN(C(=O)c1ccc[nH]1)C2. The summed E-state index contributed by atoms with van der Waals surface area (Å²) in [5, 5.41) is 0. The van der Waals surface area contributed by atoms with Gasteiger partial charge in [0, 0.05) is 30.9 Å². The zero-order valence-electron chi connectivity index (χ0n) is 11.8. The highest BCUT2D eigenvalue weighted by Gasteiger charge is 2.26. The molecule has 2 aromatic heterocycles. The maximum atomic E-state index is 12.3. The maximum Gasteiger partial charge on any atom is 0.270 e. The molecule has 1 aliphatic rings. The standard InChI is InChI=1S/C15H18N4O/c1-10(2)6-14-17-7-11-8-19(9-13(11)18-14)15(20)12-4-3-5-16-12/h3-5,7,10,16H,6,8-9H2,1-2H3. The quantitative estimate of drug-likeness (QED) is 0.929. The fourth-order valence-electron chi connectivity index (χ4n) is 2.44. The first-order chi connectivity index (χ1) is 9.63. The van der Waals surface area contributed by atoms with Crippen molar-refractivity contribution in [1.29, 1.82) is 0 Å². The lowest BCUT2D eigenvalue weighted by molar-refractivity contribution is 0.0745. The van der Waals surface area contributed by atoms with Crippen molar-refractivity contribution in [3.8, 4) is 0 Å². The van der Waals surface area contributed by atoms with Crippen molar-refractivity contribution in [2.75, 3.05) is 0 Å². The Morgan fingerprint density at radius 1 is 1.45 bits per heavy atom. The Hall–Kier alpha value is -2.17. The van der Waals surface area contributed by atoms with Gasteiger partial charge in [-0.25, -0.2) is 9.97 Å². The Kier molecular flexibility index (Phi) is 3.26. The Balaban J connectivity index is 1.77. The van der Waals surface area contributed by atoms with Crippen molar-refractivity contribution in [3.63, 3.8) is 0 Å². The minimum absolute atomic E-state index is 0.0124. The molecular weight excluding hydrogens is 252 g/mol. The summed E-state index contributed by atoms with van der Waals surface area (Å²) in [4.78, 5) is 26.0. The number of aromatic amines is 1. The second kappa shape index (κ2) is 5.07. The first-order valence-corrected chi connectivity index (χ1v) is 6.90. The predicted octanol–water partition coefficient (Wildman–Crippen LogP) is 2.16. The van der Waals surface area contributed by atoms with E-state index in [-0.39, 0.29) is 5.91 Å². The molecule has 5 heteroatoms. The summed E-state index contributed by atoms with van der Waals surface area (Å²) < 4.78 is 0. The number of rotatable bonds is 3. The van der Waals surface area contributed by atoms with E-state index >= 15 is 0 Å². The minimum atomic E-state index is 0.0124. The fourth-order valence-corrected chi connectivity index (χ4v) is 2.44. The van der Waals surface area contributed by atoms with Crippen LogP contribution in [-0.2, 0) is 19.5 Å². The molecule has 20 heavy (non-hydrogen) atoms. The molecule has 0 saturated heterocycles. The number of nitrogens with one attached hydrogen (secondary N) is 1. The van der Waals surface area contributed by atoms with Crippen molar-refractivity contribution in [1.82, 2.24) is 19.9 Å². The molecule has 1 N–H and O–H groups in total. The first-order valence-electron chi connectivity index (χ1n) is 6.90. The molecule has 0 aromatic carbocycles. The van der Waals surface area contributed by atoms with E-state index in [4.69, 9.17) is 0 Å². The average Bonchev–Trinajstić information content (AvgIpc) is 3.05. The van der Waals surface area contributed by atoms with Crippen LogP contribution in [0.25, 0.3) is 0 Å². The second-order valence-corrected chi connectivity index (χ2v) is 5.60. The Labute approximate surface area is 118 Å². The second-order valence-electron chi connectivity index (χ2n) is 5.60. The van der Waals surface area contributed by atoms with Crippen molar-refractivity contribution in [2.45, 2.75) is 33.4 Å². The number of amides is 1. The molecule has 3 heterocycles. The van der Waals surface area contributed by atoms with Crippen LogP contribution in [0.15, 0.2) is 24.5 Å². The predicted molar refractivity (Wildman–Crippen MR) is 74.9 cm³/mol. The number of hydrogen-bond donors (Lipinski definition) is 1. The van der Waals surface area contributed by atoms with Gasteiger partial charge in [0.2, 0.25) is 0 Å². The highest BCUT2D eigenvalue weighted by atomic mass is 16.2. The van der Waals surface area contributed by atoms with Gasteiger partial charge in [0.25, 0.3) is 5.91 Å². The van der Waals surface area contributed by atoms with E-state index in [0.29, 0.717) is 24.7 Å². The third-order valence-corrected chi connectivity index (χ3v) is 3.41. The summed E-state index contributed by atoms with van der Waals surface area (Å²) in [5.41, 5.74) is 2.65. The zero-order chi connectivity index (χ0) is 14.1. The molecule has 1 amide bonds. The van der Waals surface area contributed by atoms with Crippen LogP contribution in [0.4, 0.5) is 0 Å². The number of aromatic nitrogens is 3. The van der Waals surface area contributed by atoms with Crippen LogP contribution in [0.1, 0.15) is 41.4 Å². The number of carbonyl (C=O) groups excluding carboxylic acids is 1. The van der Waals surface area contributed by atoms with Gasteiger partial charge in [-0.15, -0.1) is 0 Å². The summed E-state index contributed by atoms with van der Waals surface area (Å²) in [6.07, 6.45) is 4.50. The topological polar surface area (TPSA) is 61.9 Å². The van der Waals surface area contributed by atoms with Gasteiger partial charge in [-0.3, -0.25) is 4.79 Å². The van der Waals surface area contributed by atoms with Gasteiger partial charge in [-0.2, -0.15) is 0 Å². The molecule has 104 valence electrons. The van der Waals surface area contributed by atoms with E-state index in [1.165, 1.54) is 0 Å². The van der Waals surface area contributed by atoms with Gasteiger partial charge in [0.1, 0.15) is 11.5 Å². The van der Waals surface area contributed by atoms with Crippen LogP contribution in [0.3, 0.4) is 0 Å². The Morgan fingerprint density at radius 3 is 3.00 bits per heavy atom. The van der Waals surface area contributed by atoms with Crippen molar-refractivity contribution >= 4 is 5.91 Å². The van der Waals surface area contributed by atoms with Crippen LogP contribution in [-0.4, -0.2) is 25.8 Å². The molecule has 0 atom stereocenters. The molecule has 3 rings (SSSR count). The van der Waals surface area contributed by atoms with Crippen LogP contribution in [0, 0.1) is 5.92 Å². The highest BCUT2D eigenvalue weighted by Crippen LogP contribution is 2.22. The van der Waals surface area contributed by atoms with Gasteiger partial charge in [0.15, 0.2) is 0 Å². The monoisotopic (exact) mass is 270 g/mol. The smallest absolute Gasteiger partial charge is 0.270 e. The average molecular weight is 270 g/mol. The van der Waals surface area contributed by atoms with Crippen molar-refractivity contribution < 1.29 is 4.79 Å². The third-order valence-electron chi connectivity index (χ3n) is 3.41. The summed E-state index contributed by atoms with van der Waals surface area (Å²) in [7, 11) is 0. The first kappa shape index (κ1) is 12.8. The summed E-state index contributed by atoms with van der Waals surface area (Å²) in [6.45, 7) is 5.46.